The number of rotatable bonds is 7. The van der Waals surface area contributed by atoms with Crippen molar-refractivity contribution in [2.45, 2.75) is 12.8 Å². The van der Waals surface area contributed by atoms with Gasteiger partial charge in [-0.05, 0) is 30.3 Å². The van der Waals surface area contributed by atoms with E-state index in [0.717, 1.165) is 0 Å². The van der Waals surface area contributed by atoms with Crippen molar-refractivity contribution in [2.75, 3.05) is 38.0 Å². The molecule has 2 amide bonds. The number of hydrogen-bond acceptors (Lipinski definition) is 5. The summed E-state index contributed by atoms with van der Waals surface area (Å²) in [6, 6.07) is 12.0. The Labute approximate surface area is 190 Å². The molecule has 1 aliphatic heterocycles. The zero-order valence-electron chi connectivity index (χ0n) is 18.0. The Balaban J connectivity index is 1.20. The van der Waals surface area contributed by atoms with Crippen molar-refractivity contribution in [3.8, 4) is 11.3 Å². The van der Waals surface area contributed by atoms with E-state index in [1.54, 1.807) is 29.2 Å². The van der Waals surface area contributed by atoms with Crippen LogP contribution in [-0.2, 0) is 16.0 Å². The maximum absolute atomic E-state index is 13.9. The average Bonchev–Trinajstić information content (AvgIpc) is 3.27. The van der Waals surface area contributed by atoms with Crippen LogP contribution in [0.1, 0.15) is 12.3 Å². The highest BCUT2D eigenvalue weighted by Gasteiger charge is 2.23. The molecule has 0 aliphatic carbocycles. The predicted octanol–water partition coefficient (Wildman–Crippen LogP) is 3.34. The molecule has 7 nitrogen and oxygen atoms in total. The lowest BCUT2D eigenvalue weighted by Crippen LogP contribution is -2.50. The van der Waals surface area contributed by atoms with Crippen molar-refractivity contribution in [3.05, 3.63) is 72.3 Å². The molecule has 0 atom stereocenters. The Morgan fingerprint density at radius 3 is 2.58 bits per heavy atom. The van der Waals surface area contributed by atoms with Crippen LogP contribution in [-0.4, -0.2) is 59.3 Å². The van der Waals surface area contributed by atoms with Crippen molar-refractivity contribution in [1.29, 1.82) is 0 Å². The molecule has 1 aliphatic rings. The lowest BCUT2D eigenvalue weighted by molar-refractivity contribution is -0.133. The minimum Gasteiger partial charge on any atom is -0.441 e. The summed E-state index contributed by atoms with van der Waals surface area (Å²) in [5, 5.41) is 2.68. The van der Waals surface area contributed by atoms with Crippen LogP contribution in [0.5, 0.6) is 0 Å². The van der Waals surface area contributed by atoms with Crippen molar-refractivity contribution >= 4 is 17.5 Å². The van der Waals surface area contributed by atoms with Gasteiger partial charge in [0.2, 0.25) is 11.8 Å². The van der Waals surface area contributed by atoms with E-state index in [9.17, 15) is 18.4 Å². The van der Waals surface area contributed by atoms with Crippen LogP contribution >= 0.6 is 0 Å². The highest BCUT2D eigenvalue weighted by atomic mass is 19.1. The number of nitrogens with zero attached hydrogens (tertiary/aromatic N) is 3. The fourth-order valence-corrected chi connectivity index (χ4v) is 3.71. The molecular weight excluding hydrogens is 430 g/mol. The molecule has 1 fully saturated rings. The van der Waals surface area contributed by atoms with Crippen LogP contribution < -0.4 is 5.32 Å². The van der Waals surface area contributed by atoms with Crippen LogP contribution in [0.25, 0.3) is 11.3 Å². The lowest BCUT2D eigenvalue weighted by atomic mass is 10.2. The van der Waals surface area contributed by atoms with Gasteiger partial charge >= 0.3 is 0 Å². The molecule has 1 aromatic heterocycles. The monoisotopic (exact) mass is 454 g/mol. The number of benzene rings is 2. The normalized spacial score (nSPS) is 14.3. The van der Waals surface area contributed by atoms with E-state index in [4.69, 9.17) is 4.42 Å². The summed E-state index contributed by atoms with van der Waals surface area (Å²) in [7, 11) is 0. The summed E-state index contributed by atoms with van der Waals surface area (Å²) < 4.78 is 32.7. The van der Waals surface area contributed by atoms with E-state index >= 15 is 0 Å². The van der Waals surface area contributed by atoms with Gasteiger partial charge in [0, 0.05) is 44.7 Å². The minimum absolute atomic E-state index is 0.0236. The molecule has 0 bridgehead atoms. The summed E-state index contributed by atoms with van der Waals surface area (Å²) in [6.07, 6.45) is 2.02. The van der Waals surface area contributed by atoms with Gasteiger partial charge in [-0.1, -0.05) is 18.2 Å². The first-order valence-electron chi connectivity index (χ1n) is 10.7. The van der Waals surface area contributed by atoms with E-state index in [2.05, 4.69) is 10.3 Å². The molecule has 1 saturated heterocycles. The highest BCUT2D eigenvalue weighted by molar-refractivity contribution is 5.92. The van der Waals surface area contributed by atoms with Crippen molar-refractivity contribution in [2.24, 2.45) is 0 Å². The highest BCUT2D eigenvalue weighted by Crippen LogP contribution is 2.23. The van der Waals surface area contributed by atoms with Gasteiger partial charge in [-0.2, -0.15) is 0 Å². The minimum atomic E-state index is -0.409. The largest absolute Gasteiger partial charge is 0.441 e. The number of nitrogens with one attached hydrogen (secondary N) is 1. The Morgan fingerprint density at radius 1 is 1.03 bits per heavy atom. The van der Waals surface area contributed by atoms with E-state index in [-0.39, 0.29) is 24.8 Å². The number of aromatic nitrogens is 1. The quantitative estimate of drug-likeness (QED) is 0.593. The molecule has 4 rings (SSSR count). The number of anilines is 1. The third kappa shape index (κ3) is 6.01. The van der Waals surface area contributed by atoms with Crippen LogP contribution in [0, 0.1) is 11.6 Å². The number of carbonyl (C=O) groups is 2. The van der Waals surface area contributed by atoms with Crippen molar-refractivity contribution in [3.63, 3.8) is 0 Å². The molecule has 172 valence electrons. The van der Waals surface area contributed by atoms with E-state index in [1.807, 2.05) is 4.90 Å². The van der Waals surface area contributed by atoms with Gasteiger partial charge in [0.15, 0.2) is 11.7 Å². The summed E-state index contributed by atoms with van der Waals surface area (Å²) in [5.74, 6) is -0.332. The molecule has 1 N–H and O–H groups in total. The molecule has 33 heavy (non-hydrogen) atoms. The summed E-state index contributed by atoms with van der Waals surface area (Å²) in [4.78, 5) is 32.6. The number of halogens is 2. The summed E-state index contributed by atoms with van der Waals surface area (Å²) in [6.45, 7) is 2.33. The molecule has 9 heteroatoms. The van der Waals surface area contributed by atoms with Crippen LogP contribution in [0.15, 0.2) is 59.1 Å². The number of oxazole rings is 1. The lowest BCUT2D eigenvalue weighted by Gasteiger charge is -2.34. The Bertz CT molecular complexity index is 1130. The first kappa shape index (κ1) is 22.6. The Morgan fingerprint density at radius 2 is 1.82 bits per heavy atom. The number of carbonyl (C=O) groups excluding carboxylic acids is 2. The topological polar surface area (TPSA) is 78.7 Å². The molecule has 0 saturated carbocycles. The van der Waals surface area contributed by atoms with Crippen molar-refractivity contribution < 1.29 is 22.8 Å². The second kappa shape index (κ2) is 10.4. The van der Waals surface area contributed by atoms with Gasteiger partial charge in [0.1, 0.15) is 11.6 Å². The van der Waals surface area contributed by atoms with Crippen LogP contribution in [0.3, 0.4) is 0 Å². The smallest absolute Gasteiger partial charge is 0.238 e. The standard InChI is InChI=1S/C24H24F2N4O3/c25-17-4-3-5-18(14-17)28-22(31)16-29-10-12-30(13-11-29)24(32)9-8-23-27-15-21(33-23)19-6-1-2-7-20(19)26/h1-7,14-15H,8-13,16H2,(H,28,31). The molecule has 3 aromatic rings. The van der Waals surface area contributed by atoms with Gasteiger partial charge in [-0.15, -0.1) is 0 Å². The third-order valence-electron chi connectivity index (χ3n) is 5.45. The van der Waals surface area contributed by atoms with Crippen molar-refractivity contribution in [1.82, 2.24) is 14.8 Å². The van der Waals surface area contributed by atoms with Crippen LogP contribution in [0.4, 0.5) is 14.5 Å². The summed E-state index contributed by atoms with van der Waals surface area (Å²) in [5.41, 5.74) is 0.749. The SMILES string of the molecule is O=C(CN1CCN(C(=O)CCc2ncc(-c3ccccc3F)o2)CC1)Nc1cccc(F)c1. The van der Waals surface area contributed by atoms with E-state index in [1.165, 1.54) is 30.5 Å². The maximum Gasteiger partial charge on any atom is 0.238 e. The first-order valence-corrected chi connectivity index (χ1v) is 10.7. The van der Waals surface area contributed by atoms with E-state index < -0.39 is 11.6 Å². The molecular formula is C24H24F2N4O3. The fourth-order valence-electron chi connectivity index (χ4n) is 3.71. The maximum atomic E-state index is 13.9. The summed E-state index contributed by atoms with van der Waals surface area (Å²) >= 11 is 0. The molecule has 0 radical (unpaired) electrons. The number of amides is 2. The van der Waals surface area contributed by atoms with Gasteiger partial charge < -0.3 is 14.6 Å². The zero-order chi connectivity index (χ0) is 23.2. The number of piperazine rings is 1. The first-order chi connectivity index (χ1) is 16.0. The average molecular weight is 454 g/mol. The molecule has 0 spiro atoms. The Hall–Kier alpha value is -3.59. The predicted molar refractivity (Wildman–Crippen MR) is 118 cm³/mol. The third-order valence-corrected chi connectivity index (χ3v) is 5.45. The number of hydrogen-bond donors (Lipinski definition) is 1. The second-order valence-corrected chi connectivity index (χ2v) is 7.81. The second-order valence-electron chi connectivity index (χ2n) is 7.81. The fraction of sp³-hybridized carbons (Fsp3) is 0.292. The van der Waals surface area contributed by atoms with Gasteiger partial charge in [0.25, 0.3) is 0 Å². The molecule has 2 aromatic carbocycles. The van der Waals surface area contributed by atoms with Gasteiger partial charge in [-0.3, -0.25) is 14.5 Å². The molecule has 2 heterocycles. The number of aryl methyl sites for hydroxylation is 1. The Kier molecular flexibility index (Phi) is 7.09. The van der Waals surface area contributed by atoms with Gasteiger partial charge in [-0.25, -0.2) is 13.8 Å². The zero-order valence-corrected chi connectivity index (χ0v) is 18.0. The van der Waals surface area contributed by atoms with E-state index in [0.29, 0.717) is 55.5 Å². The molecule has 0 unspecified atom stereocenters. The van der Waals surface area contributed by atoms with Gasteiger partial charge in [0.05, 0.1) is 18.3 Å². The van der Waals surface area contributed by atoms with Crippen LogP contribution in [0.2, 0.25) is 0 Å².